The topological polar surface area (TPSA) is 89.0 Å². The van der Waals surface area contributed by atoms with Crippen molar-refractivity contribution < 1.29 is 37.3 Å². The van der Waals surface area contributed by atoms with Crippen LogP contribution in [-0.2, 0) is 14.3 Å². The molecule has 3 fully saturated rings. The van der Waals surface area contributed by atoms with Crippen molar-refractivity contribution in [3.8, 4) is 5.88 Å². The van der Waals surface area contributed by atoms with Gasteiger partial charge in [-0.25, -0.2) is 9.78 Å². The second-order valence-electron chi connectivity index (χ2n) is 8.72. The fraction of sp³-hybridized carbons (Fsp3) is 0.696. The molecule has 3 aliphatic heterocycles. The molecule has 1 aromatic rings. The molecule has 4 heterocycles. The van der Waals surface area contributed by atoms with Crippen molar-refractivity contribution in [2.24, 2.45) is 11.8 Å². The van der Waals surface area contributed by atoms with Gasteiger partial charge >= 0.3 is 12.1 Å². The lowest BCUT2D eigenvalue weighted by Gasteiger charge is -2.43. The van der Waals surface area contributed by atoms with Gasteiger partial charge in [-0.1, -0.05) is 6.07 Å². The highest BCUT2D eigenvalue weighted by molar-refractivity contribution is 7.99. The summed E-state index contributed by atoms with van der Waals surface area (Å²) < 4.78 is 43.8. The number of rotatable bonds is 5. The number of amides is 1. The summed E-state index contributed by atoms with van der Waals surface area (Å²) in [5, 5.41) is 7.12. The first kappa shape index (κ1) is 26.6. The number of hydrogen-bond acceptors (Lipinski definition) is 6. The minimum absolute atomic E-state index is 0.0489. The number of ether oxygens (including phenoxy) is 2. The Labute approximate surface area is 201 Å². The Balaban J connectivity index is 0.000000406. The first-order valence-electron chi connectivity index (χ1n) is 11.6. The van der Waals surface area contributed by atoms with E-state index in [1.807, 2.05) is 30.0 Å². The molecule has 0 aliphatic carbocycles. The van der Waals surface area contributed by atoms with Crippen molar-refractivity contribution in [3.05, 3.63) is 24.4 Å². The summed E-state index contributed by atoms with van der Waals surface area (Å²) in [6, 6.07) is 5.74. The second kappa shape index (κ2) is 12.1. The van der Waals surface area contributed by atoms with E-state index in [0.29, 0.717) is 24.3 Å². The van der Waals surface area contributed by atoms with E-state index in [-0.39, 0.29) is 11.5 Å². The molecule has 1 aromatic heterocycles. The van der Waals surface area contributed by atoms with Crippen LogP contribution in [0.5, 0.6) is 5.88 Å². The number of nitrogens with zero attached hydrogens (tertiary/aromatic N) is 2. The first-order chi connectivity index (χ1) is 16.2. The average molecular weight is 505 g/mol. The van der Waals surface area contributed by atoms with Crippen LogP contribution < -0.4 is 4.74 Å². The number of carbonyl (C=O) groups is 2. The quantitative estimate of drug-likeness (QED) is 0.648. The Bertz CT molecular complexity index is 798. The van der Waals surface area contributed by atoms with Crippen molar-refractivity contribution in [2.45, 2.75) is 50.3 Å². The maximum atomic E-state index is 12.8. The van der Waals surface area contributed by atoms with E-state index in [2.05, 4.69) is 9.88 Å². The SMILES string of the molecule is O=C(C1CCSCC1)N1CCC2(CC1)OCCC2CCOc1ccccn1.O=C(O)C(F)(F)F. The maximum Gasteiger partial charge on any atom is 0.490 e. The van der Waals surface area contributed by atoms with Gasteiger partial charge in [0, 0.05) is 37.9 Å². The molecule has 0 bridgehead atoms. The average Bonchev–Trinajstić information content (AvgIpc) is 3.22. The Morgan fingerprint density at radius 2 is 1.88 bits per heavy atom. The summed E-state index contributed by atoms with van der Waals surface area (Å²) >= 11 is 1.98. The molecule has 0 saturated carbocycles. The lowest BCUT2D eigenvalue weighted by molar-refractivity contribution is -0.192. The third-order valence-corrected chi connectivity index (χ3v) is 7.74. The standard InChI is InChI=1S/C21H30N2O3S.C2HF3O2/c24-20(17-6-15-27-16-7-17)23-11-8-21(9-12-23)18(5-14-26-21)4-13-25-19-3-1-2-10-22-19;3-2(4,5)1(6)7/h1-3,10,17-18H,4-9,11-16H2;(H,6,7). The molecule has 1 spiro atoms. The highest BCUT2D eigenvalue weighted by Gasteiger charge is 2.47. The fourth-order valence-electron chi connectivity index (χ4n) is 4.79. The van der Waals surface area contributed by atoms with Crippen LogP contribution in [0, 0.1) is 11.8 Å². The number of likely N-dealkylation sites (tertiary alicyclic amines) is 1. The van der Waals surface area contributed by atoms with Crippen molar-refractivity contribution in [2.75, 3.05) is 37.8 Å². The zero-order valence-electron chi connectivity index (χ0n) is 19.0. The van der Waals surface area contributed by atoms with Crippen molar-refractivity contribution in [1.82, 2.24) is 9.88 Å². The lowest BCUT2D eigenvalue weighted by Crippen LogP contribution is -2.51. The predicted molar refractivity (Wildman–Crippen MR) is 121 cm³/mol. The maximum absolute atomic E-state index is 12.8. The van der Waals surface area contributed by atoms with Crippen LogP contribution in [0.2, 0.25) is 0 Å². The lowest BCUT2D eigenvalue weighted by atomic mass is 9.78. The van der Waals surface area contributed by atoms with E-state index >= 15 is 0 Å². The largest absolute Gasteiger partial charge is 0.490 e. The summed E-state index contributed by atoms with van der Waals surface area (Å²) in [7, 11) is 0. The van der Waals surface area contributed by atoms with Crippen LogP contribution >= 0.6 is 11.8 Å². The van der Waals surface area contributed by atoms with Gasteiger partial charge in [-0.15, -0.1) is 0 Å². The summed E-state index contributed by atoms with van der Waals surface area (Å²) in [5.41, 5.74) is -0.0489. The number of carbonyl (C=O) groups excluding carboxylic acids is 1. The van der Waals surface area contributed by atoms with E-state index in [1.165, 1.54) is 0 Å². The zero-order valence-corrected chi connectivity index (χ0v) is 19.8. The van der Waals surface area contributed by atoms with Crippen LogP contribution in [0.4, 0.5) is 13.2 Å². The number of halogens is 3. The molecule has 0 radical (unpaired) electrons. The number of alkyl halides is 3. The number of aromatic nitrogens is 1. The van der Waals surface area contributed by atoms with Gasteiger partial charge in [-0.05, 0) is 62.0 Å². The van der Waals surface area contributed by atoms with Crippen LogP contribution in [0.25, 0.3) is 0 Å². The number of carboxylic acid groups (broad SMARTS) is 1. The number of thioether (sulfide) groups is 1. The van der Waals surface area contributed by atoms with Crippen LogP contribution in [0.1, 0.15) is 38.5 Å². The van der Waals surface area contributed by atoms with Gasteiger partial charge < -0.3 is 19.5 Å². The Kier molecular flexibility index (Phi) is 9.47. The van der Waals surface area contributed by atoms with E-state index < -0.39 is 12.1 Å². The van der Waals surface area contributed by atoms with Gasteiger partial charge in [-0.3, -0.25) is 4.79 Å². The predicted octanol–water partition coefficient (Wildman–Crippen LogP) is 4.02. The highest BCUT2D eigenvalue weighted by Crippen LogP contribution is 2.42. The minimum atomic E-state index is -5.08. The molecule has 3 saturated heterocycles. The van der Waals surface area contributed by atoms with E-state index in [1.54, 1.807) is 6.20 Å². The van der Waals surface area contributed by atoms with Gasteiger partial charge in [0.2, 0.25) is 11.8 Å². The van der Waals surface area contributed by atoms with E-state index in [0.717, 1.165) is 69.7 Å². The van der Waals surface area contributed by atoms with Crippen LogP contribution in [-0.4, -0.2) is 76.5 Å². The molecule has 0 aromatic carbocycles. The highest BCUT2D eigenvalue weighted by atomic mass is 32.2. The van der Waals surface area contributed by atoms with E-state index in [4.69, 9.17) is 19.4 Å². The molecular formula is C23H31F3N2O5S. The number of pyridine rings is 1. The van der Waals surface area contributed by atoms with Crippen molar-refractivity contribution in [1.29, 1.82) is 0 Å². The summed E-state index contributed by atoms with van der Waals surface area (Å²) in [6.07, 6.45) is 2.80. The number of carboxylic acids is 1. The zero-order chi connectivity index (χ0) is 24.6. The first-order valence-corrected chi connectivity index (χ1v) is 12.7. The molecule has 11 heteroatoms. The molecular weight excluding hydrogens is 473 g/mol. The molecule has 1 unspecified atom stereocenters. The third-order valence-electron chi connectivity index (χ3n) is 6.69. The smallest absolute Gasteiger partial charge is 0.478 e. The summed E-state index contributed by atoms with van der Waals surface area (Å²) in [4.78, 5) is 28.0. The molecule has 1 atom stereocenters. The normalized spacial score (nSPS) is 22.7. The monoisotopic (exact) mass is 504 g/mol. The Morgan fingerprint density at radius 3 is 2.47 bits per heavy atom. The van der Waals surface area contributed by atoms with Crippen molar-refractivity contribution >= 4 is 23.6 Å². The summed E-state index contributed by atoms with van der Waals surface area (Å²) in [5.74, 6) is 1.37. The molecule has 1 amide bonds. The minimum Gasteiger partial charge on any atom is -0.478 e. The molecule has 1 N–H and O–H groups in total. The van der Waals surface area contributed by atoms with E-state index in [9.17, 15) is 18.0 Å². The van der Waals surface area contributed by atoms with Gasteiger partial charge in [0.1, 0.15) is 0 Å². The summed E-state index contributed by atoms with van der Waals surface area (Å²) in [6.45, 7) is 3.21. The molecule has 4 rings (SSSR count). The Morgan fingerprint density at radius 1 is 1.21 bits per heavy atom. The van der Waals surface area contributed by atoms with Gasteiger partial charge in [-0.2, -0.15) is 24.9 Å². The Hall–Kier alpha value is -2.01. The number of aliphatic carboxylic acids is 1. The second-order valence-corrected chi connectivity index (χ2v) is 9.94. The number of piperidine rings is 1. The number of hydrogen-bond donors (Lipinski definition) is 1. The van der Waals surface area contributed by atoms with Gasteiger partial charge in [0.25, 0.3) is 0 Å². The molecule has 190 valence electrons. The van der Waals surface area contributed by atoms with Gasteiger partial charge in [0.15, 0.2) is 0 Å². The molecule has 3 aliphatic rings. The van der Waals surface area contributed by atoms with Crippen molar-refractivity contribution in [3.63, 3.8) is 0 Å². The fourth-order valence-corrected chi connectivity index (χ4v) is 5.90. The van der Waals surface area contributed by atoms with Crippen LogP contribution in [0.15, 0.2) is 24.4 Å². The van der Waals surface area contributed by atoms with Gasteiger partial charge in [0.05, 0.1) is 12.2 Å². The van der Waals surface area contributed by atoms with Crippen LogP contribution in [0.3, 0.4) is 0 Å². The molecule has 7 nitrogen and oxygen atoms in total. The third kappa shape index (κ3) is 7.24. The molecule has 34 heavy (non-hydrogen) atoms.